The second kappa shape index (κ2) is 6.85. The SMILES string of the molecule is O=C(COc1ccc(Br)cc1)Nc1ccc(C(=O)O)nc1. The number of rotatable bonds is 5. The molecule has 0 aliphatic heterocycles. The first kappa shape index (κ1) is 15.0. The maximum atomic E-state index is 11.7. The van der Waals surface area contributed by atoms with Crippen molar-refractivity contribution >= 4 is 33.5 Å². The highest BCUT2D eigenvalue weighted by atomic mass is 79.9. The average Bonchev–Trinajstić information content (AvgIpc) is 2.47. The van der Waals surface area contributed by atoms with Gasteiger partial charge in [0, 0.05) is 4.47 Å². The first-order valence-corrected chi connectivity index (χ1v) is 6.71. The van der Waals surface area contributed by atoms with E-state index in [1.165, 1.54) is 18.3 Å². The van der Waals surface area contributed by atoms with E-state index in [-0.39, 0.29) is 18.2 Å². The van der Waals surface area contributed by atoms with E-state index in [2.05, 4.69) is 26.2 Å². The van der Waals surface area contributed by atoms with E-state index in [4.69, 9.17) is 9.84 Å². The number of aromatic nitrogens is 1. The van der Waals surface area contributed by atoms with E-state index >= 15 is 0 Å². The van der Waals surface area contributed by atoms with Crippen molar-refractivity contribution in [2.75, 3.05) is 11.9 Å². The van der Waals surface area contributed by atoms with Crippen LogP contribution in [0, 0.1) is 0 Å². The van der Waals surface area contributed by atoms with Gasteiger partial charge < -0.3 is 15.2 Å². The summed E-state index contributed by atoms with van der Waals surface area (Å²) in [4.78, 5) is 26.0. The molecule has 0 unspecified atom stereocenters. The first-order chi connectivity index (χ1) is 10.0. The third-order valence-corrected chi connectivity index (χ3v) is 2.98. The quantitative estimate of drug-likeness (QED) is 0.864. The number of carboxylic acids is 1. The third kappa shape index (κ3) is 4.57. The van der Waals surface area contributed by atoms with E-state index in [0.717, 1.165) is 4.47 Å². The number of amides is 1. The molecule has 0 saturated carbocycles. The molecule has 7 heteroatoms. The molecule has 1 aromatic heterocycles. The summed E-state index contributed by atoms with van der Waals surface area (Å²) in [6.45, 7) is -0.150. The highest BCUT2D eigenvalue weighted by Crippen LogP contribution is 2.16. The largest absolute Gasteiger partial charge is 0.484 e. The molecule has 2 rings (SSSR count). The molecular formula is C14H11BrN2O4. The van der Waals surface area contributed by atoms with E-state index in [0.29, 0.717) is 11.4 Å². The number of benzene rings is 1. The molecule has 0 saturated heterocycles. The van der Waals surface area contributed by atoms with Crippen molar-refractivity contribution in [2.24, 2.45) is 0 Å². The number of hydrogen-bond acceptors (Lipinski definition) is 4. The first-order valence-electron chi connectivity index (χ1n) is 5.92. The van der Waals surface area contributed by atoms with Crippen molar-refractivity contribution < 1.29 is 19.4 Å². The Hall–Kier alpha value is -2.41. The summed E-state index contributed by atoms with van der Waals surface area (Å²) >= 11 is 3.30. The molecule has 1 amide bonds. The highest BCUT2D eigenvalue weighted by Gasteiger charge is 2.07. The second-order valence-electron chi connectivity index (χ2n) is 4.03. The summed E-state index contributed by atoms with van der Waals surface area (Å²) in [6.07, 6.45) is 1.28. The van der Waals surface area contributed by atoms with Crippen molar-refractivity contribution in [3.05, 3.63) is 52.8 Å². The molecule has 0 spiro atoms. The topological polar surface area (TPSA) is 88.5 Å². The smallest absolute Gasteiger partial charge is 0.354 e. The molecule has 21 heavy (non-hydrogen) atoms. The van der Waals surface area contributed by atoms with Gasteiger partial charge in [0.05, 0.1) is 11.9 Å². The lowest BCUT2D eigenvalue weighted by Crippen LogP contribution is -2.20. The predicted molar refractivity (Wildman–Crippen MR) is 79.5 cm³/mol. The number of pyridine rings is 1. The minimum absolute atomic E-state index is 0.0842. The van der Waals surface area contributed by atoms with Gasteiger partial charge in [0.15, 0.2) is 6.61 Å². The molecule has 1 aromatic carbocycles. The highest BCUT2D eigenvalue weighted by molar-refractivity contribution is 9.10. The van der Waals surface area contributed by atoms with Crippen LogP contribution in [0.15, 0.2) is 47.1 Å². The summed E-state index contributed by atoms with van der Waals surface area (Å²) in [6, 6.07) is 9.87. The van der Waals surface area contributed by atoms with Crippen LogP contribution in [0.4, 0.5) is 5.69 Å². The summed E-state index contributed by atoms with van der Waals surface area (Å²) < 4.78 is 6.23. The summed E-state index contributed by atoms with van der Waals surface area (Å²) in [5, 5.41) is 11.3. The Morgan fingerprint density at radius 1 is 1.19 bits per heavy atom. The van der Waals surface area contributed by atoms with Crippen LogP contribution in [0.5, 0.6) is 5.75 Å². The van der Waals surface area contributed by atoms with Crippen molar-refractivity contribution in [3.8, 4) is 5.75 Å². The molecular weight excluding hydrogens is 340 g/mol. The van der Waals surface area contributed by atoms with Gasteiger partial charge in [-0.3, -0.25) is 4.79 Å². The Kier molecular flexibility index (Phi) is 4.89. The molecule has 2 N–H and O–H groups in total. The molecule has 1 heterocycles. The lowest BCUT2D eigenvalue weighted by Gasteiger charge is -2.07. The lowest BCUT2D eigenvalue weighted by atomic mass is 10.3. The standard InChI is InChI=1S/C14H11BrN2O4/c15-9-1-4-11(5-2-9)21-8-13(18)17-10-3-6-12(14(19)20)16-7-10/h1-7H,8H2,(H,17,18)(H,19,20). The number of aromatic carboxylic acids is 1. The van der Waals surface area contributed by atoms with Crippen molar-refractivity contribution in [3.63, 3.8) is 0 Å². The minimum Gasteiger partial charge on any atom is -0.484 e. The van der Waals surface area contributed by atoms with Gasteiger partial charge in [-0.25, -0.2) is 9.78 Å². The van der Waals surface area contributed by atoms with Gasteiger partial charge in [0.1, 0.15) is 11.4 Å². The van der Waals surface area contributed by atoms with E-state index in [1.807, 2.05) is 12.1 Å². The monoisotopic (exact) mass is 350 g/mol. The van der Waals surface area contributed by atoms with Gasteiger partial charge in [-0.05, 0) is 36.4 Å². The van der Waals surface area contributed by atoms with Crippen molar-refractivity contribution in [1.29, 1.82) is 0 Å². The van der Waals surface area contributed by atoms with Crippen LogP contribution in [0.2, 0.25) is 0 Å². The van der Waals surface area contributed by atoms with Crippen molar-refractivity contribution in [1.82, 2.24) is 4.98 Å². The fraction of sp³-hybridized carbons (Fsp3) is 0.0714. The number of nitrogens with zero attached hydrogens (tertiary/aromatic N) is 1. The van der Waals surface area contributed by atoms with Gasteiger partial charge in [0.2, 0.25) is 0 Å². The maximum Gasteiger partial charge on any atom is 0.354 e. The molecule has 0 atom stereocenters. The van der Waals surface area contributed by atoms with E-state index in [1.54, 1.807) is 12.1 Å². The van der Waals surface area contributed by atoms with Gasteiger partial charge >= 0.3 is 5.97 Å². The Bertz CT molecular complexity index is 641. The van der Waals surface area contributed by atoms with Gasteiger partial charge in [-0.2, -0.15) is 0 Å². The number of ether oxygens (including phenoxy) is 1. The zero-order valence-corrected chi connectivity index (χ0v) is 12.3. The number of anilines is 1. The van der Waals surface area contributed by atoms with Crippen LogP contribution < -0.4 is 10.1 Å². The number of carbonyl (C=O) groups is 2. The Labute approximate surface area is 128 Å². The van der Waals surface area contributed by atoms with Crippen LogP contribution in [0.1, 0.15) is 10.5 Å². The average molecular weight is 351 g/mol. The molecule has 6 nitrogen and oxygen atoms in total. The molecule has 0 bridgehead atoms. The van der Waals surface area contributed by atoms with Crippen LogP contribution >= 0.6 is 15.9 Å². The Balaban J connectivity index is 1.86. The van der Waals surface area contributed by atoms with Crippen LogP contribution in [-0.2, 0) is 4.79 Å². The Morgan fingerprint density at radius 3 is 2.48 bits per heavy atom. The second-order valence-corrected chi connectivity index (χ2v) is 4.94. The zero-order valence-electron chi connectivity index (χ0n) is 10.7. The molecule has 0 aliphatic carbocycles. The molecule has 0 aliphatic rings. The zero-order chi connectivity index (χ0) is 15.2. The van der Waals surface area contributed by atoms with Crippen LogP contribution in [0.3, 0.4) is 0 Å². The van der Waals surface area contributed by atoms with E-state index in [9.17, 15) is 9.59 Å². The van der Waals surface area contributed by atoms with Gasteiger partial charge in [0.25, 0.3) is 5.91 Å². The Morgan fingerprint density at radius 2 is 1.90 bits per heavy atom. The third-order valence-electron chi connectivity index (χ3n) is 2.45. The minimum atomic E-state index is -1.12. The number of hydrogen-bond donors (Lipinski definition) is 2. The number of nitrogens with one attached hydrogen (secondary N) is 1. The fourth-order valence-electron chi connectivity index (χ4n) is 1.47. The fourth-order valence-corrected chi connectivity index (χ4v) is 1.74. The summed E-state index contributed by atoms with van der Waals surface area (Å²) in [5.41, 5.74) is 0.323. The van der Waals surface area contributed by atoms with Gasteiger partial charge in [-0.1, -0.05) is 15.9 Å². The molecule has 0 fully saturated rings. The lowest BCUT2D eigenvalue weighted by molar-refractivity contribution is -0.118. The normalized spacial score (nSPS) is 9.95. The number of carbonyl (C=O) groups excluding carboxylic acids is 1. The molecule has 2 aromatic rings. The molecule has 108 valence electrons. The van der Waals surface area contributed by atoms with Crippen LogP contribution in [0.25, 0.3) is 0 Å². The number of halogens is 1. The van der Waals surface area contributed by atoms with E-state index < -0.39 is 5.97 Å². The van der Waals surface area contributed by atoms with Crippen LogP contribution in [-0.4, -0.2) is 28.6 Å². The summed E-state index contributed by atoms with van der Waals surface area (Å²) in [5.74, 6) is -0.901. The van der Waals surface area contributed by atoms with Gasteiger partial charge in [-0.15, -0.1) is 0 Å². The number of carboxylic acid groups (broad SMARTS) is 1. The maximum absolute atomic E-state index is 11.7. The van der Waals surface area contributed by atoms with Crippen molar-refractivity contribution in [2.45, 2.75) is 0 Å². The molecule has 0 radical (unpaired) electrons. The predicted octanol–water partition coefficient (Wildman–Crippen LogP) is 2.56. The summed E-state index contributed by atoms with van der Waals surface area (Å²) in [7, 11) is 0.